The van der Waals surface area contributed by atoms with Gasteiger partial charge in [-0.1, -0.05) is 12.1 Å². The van der Waals surface area contributed by atoms with Gasteiger partial charge in [0.1, 0.15) is 5.75 Å². The Morgan fingerprint density at radius 3 is 2.39 bits per heavy atom. The van der Waals surface area contributed by atoms with Crippen LogP contribution >= 0.6 is 7.82 Å². The molecule has 3 atom stereocenters. The highest BCUT2D eigenvalue weighted by molar-refractivity contribution is 7.47. The zero-order valence-corrected chi connectivity index (χ0v) is 18.9. The summed E-state index contributed by atoms with van der Waals surface area (Å²) in [6.07, 6.45) is -0.944. The number of nitrogens with one attached hydrogen (secondary N) is 2. The molecule has 0 saturated carbocycles. The van der Waals surface area contributed by atoms with Gasteiger partial charge in [-0.25, -0.2) is 9.36 Å². The number of hydrogen-bond donors (Lipinski definition) is 5. The van der Waals surface area contributed by atoms with Gasteiger partial charge < -0.3 is 30.5 Å². The Morgan fingerprint density at radius 1 is 1.12 bits per heavy atom. The fourth-order valence-electron chi connectivity index (χ4n) is 2.37. The van der Waals surface area contributed by atoms with Gasteiger partial charge in [0.2, 0.25) is 11.8 Å². The van der Waals surface area contributed by atoms with Crippen LogP contribution in [0.2, 0.25) is 0 Å². The van der Waals surface area contributed by atoms with E-state index in [4.69, 9.17) is 9.84 Å². The molecule has 0 bridgehead atoms. The number of phosphoric ester groups is 1. The number of aliphatic carboxylic acids is 1. The van der Waals surface area contributed by atoms with E-state index >= 15 is 0 Å². The molecule has 0 aliphatic carbocycles. The maximum Gasteiger partial charge on any atom is 0.472 e. The lowest BCUT2D eigenvalue weighted by Gasteiger charge is -2.18. The topological polar surface area (TPSA) is 198 Å². The zero-order valence-electron chi connectivity index (χ0n) is 18.1. The van der Waals surface area contributed by atoms with Crippen molar-refractivity contribution in [2.24, 2.45) is 0 Å². The molecule has 33 heavy (non-hydrogen) atoms. The lowest BCUT2D eigenvalue weighted by molar-refractivity contribution is -0.142. The Bertz CT molecular complexity index is 892. The first-order valence-electron chi connectivity index (χ1n) is 9.72. The summed E-state index contributed by atoms with van der Waals surface area (Å²) in [5.74, 6) is -2.67. The minimum absolute atomic E-state index is 0.0679. The minimum atomic E-state index is -4.72. The number of carboxylic acid groups (broad SMARTS) is 1. The number of ether oxygens (including phenoxy) is 1. The molecule has 14 heteroatoms. The van der Waals surface area contributed by atoms with Gasteiger partial charge in [0.05, 0.1) is 19.3 Å². The van der Waals surface area contributed by atoms with Crippen molar-refractivity contribution in [2.75, 3.05) is 19.8 Å². The Kier molecular flexibility index (Phi) is 11.7. The van der Waals surface area contributed by atoms with E-state index in [0.717, 1.165) is 12.5 Å². The van der Waals surface area contributed by atoms with Crippen LogP contribution in [0.5, 0.6) is 5.75 Å². The van der Waals surface area contributed by atoms with Crippen molar-refractivity contribution in [3.8, 4) is 5.75 Å². The Morgan fingerprint density at radius 2 is 1.79 bits per heavy atom. The number of aryl methyl sites for hydroxylation is 1. The van der Waals surface area contributed by atoms with Crippen LogP contribution < -0.4 is 15.4 Å². The highest BCUT2D eigenvalue weighted by Gasteiger charge is 2.28. The number of aliphatic hydroxyl groups is 1. The van der Waals surface area contributed by atoms with E-state index in [9.17, 15) is 33.7 Å². The largest absolute Gasteiger partial charge is 0.480 e. The average Bonchev–Trinajstić information content (AvgIpc) is 2.71. The maximum absolute atomic E-state index is 11.9. The number of esters is 1. The molecule has 0 fully saturated rings. The standard InChI is InChI=1S/C19H27N2O11P/c1-12(22)21-17(19(26)27)11-31-33(28,29)30-10-15(24)9-20-18(25)7-6-14-4-3-5-16(8-14)32-13(2)23/h3-5,8,15,17,24H,6-7,9-11H2,1-2H3,(H,20,25)(H,21,22)(H,26,27)(H,28,29)/t15-,17+/m1/s1. The van der Waals surface area contributed by atoms with Crippen molar-refractivity contribution >= 4 is 31.6 Å². The summed E-state index contributed by atoms with van der Waals surface area (Å²) in [4.78, 5) is 54.4. The summed E-state index contributed by atoms with van der Waals surface area (Å²) < 4.78 is 25.9. The van der Waals surface area contributed by atoms with Crippen molar-refractivity contribution in [3.05, 3.63) is 29.8 Å². The number of benzene rings is 1. The molecule has 1 aromatic carbocycles. The zero-order chi connectivity index (χ0) is 25.0. The molecule has 0 aliphatic rings. The average molecular weight is 490 g/mol. The third-order valence-corrected chi connectivity index (χ3v) is 4.80. The number of carboxylic acids is 1. The SMILES string of the molecule is CC(=O)N[C@@H](COP(=O)(O)OC[C@H](O)CNC(=O)CCc1cccc(OC(C)=O)c1)C(=O)O. The van der Waals surface area contributed by atoms with Gasteiger partial charge in [-0.15, -0.1) is 0 Å². The molecule has 1 rings (SSSR count). The van der Waals surface area contributed by atoms with Crippen LogP contribution in [0, 0.1) is 0 Å². The predicted octanol–water partition coefficient (Wildman–Crippen LogP) is -0.255. The molecular formula is C19H27N2O11P. The molecule has 2 amide bonds. The van der Waals surface area contributed by atoms with Gasteiger partial charge in [0, 0.05) is 26.8 Å². The van der Waals surface area contributed by atoms with E-state index < -0.39 is 56.9 Å². The fraction of sp³-hybridized carbons (Fsp3) is 0.474. The summed E-state index contributed by atoms with van der Waals surface area (Å²) >= 11 is 0. The van der Waals surface area contributed by atoms with Crippen LogP contribution in [0.15, 0.2) is 24.3 Å². The summed E-state index contributed by atoms with van der Waals surface area (Å²) in [5.41, 5.74) is 0.755. The summed E-state index contributed by atoms with van der Waals surface area (Å²) in [7, 11) is -4.72. The molecule has 0 heterocycles. The quantitative estimate of drug-likeness (QED) is 0.131. The van der Waals surface area contributed by atoms with Crippen molar-refractivity contribution in [1.82, 2.24) is 10.6 Å². The highest BCUT2D eigenvalue weighted by atomic mass is 31.2. The van der Waals surface area contributed by atoms with Crippen LogP contribution in [-0.4, -0.2) is 70.8 Å². The first-order valence-corrected chi connectivity index (χ1v) is 11.2. The molecule has 0 aromatic heterocycles. The van der Waals surface area contributed by atoms with Crippen LogP contribution in [0.1, 0.15) is 25.8 Å². The number of rotatable bonds is 14. The van der Waals surface area contributed by atoms with Gasteiger partial charge in [0.15, 0.2) is 6.04 Å². The van der Waals surface area contributed by atoms with Gasteiger partial charge >= 0.3 is 19.8 Å². The van der Waals surface area contributed by atoms with Gasteiger partial charge in [-0.2, -0.15) is 0 Å². The van der Waals surface area contributed by atoms with Crippen LogP contribution in [0.4, 0.5) is 0 Å². The second kappa shape index (κ2) is 13.7. The molecule has 0 saturated heterocycles. The van der Waals surface area contributed by atoms with Crippen molar-refractivity contribution in [1.29, 1.82) is 0 Å². The lowest BCUT2D eigenvalue weighted by atomic mass is 10.1. The Hall–Kier alpha value is -2.83. The molecule has 1 aromatic rings. The van der Waals surface area contributed by atoms with E-state index in [1.54, 1.807) is 24.3 Å². The smallest absolute Gasteiger partial charge is 0.472 e. The van der Waals surface area contributed by atoms with Crippen molar-refractivity contribution < 1.29 is 52.6 Å². The molecule has 184 valence electrons. The minimum Gasteiger partial charge on any atom is -0.480 e. The monoisotopic (exact) mass is 490 g/mol. The second-order valence-corrected chi connectivity index (χ2v) is 8.30. The van der Waals surface area contributed by atoms with Crippen LogP contribution in [0.3, 0.4) is 0 Å². The van der Waals surface area contributed by atoms with E-state index in [0.29, 0.717) is 12.2 Å². The van der Waals surface area contributed by atoms with E-state index in [1.807, 2.05) is 5.32 Å². The van der Waals surface area contributed by atoms with Crippen molar-refractivity contribution in [3.63, 3.8) is 0 Å². The van der Waals surface area contributed by atoms with E-state index in [-0.39, 0.29) is 13.0 Å². The number of carbonyl (C=O) groups excluding carboxylic acids is 3. The lowest BCUT2D eigenvalue weighted by Crippen LogP contribution is -2.42. The maximum atomic E-state index is 11.9. The normalized spacial score (nSPS) is 14.4. The second-order valence-electron chi connectivity index (χ2n) is 6.85. The van der Waals surface area contributed by atoms with Crippen LogP contribution in [0.25, 0.3) is 0 Å². The third kappa shape index (κ3) is 12.7. The Balaban J connectivity index is 2.36. The van der Waals surface area contributed by atoms with Gasteiger partial charge in [-0.05, 0) is 24.1 Å². The first-order chi connectivity index (χ1) is 15.4. The summed E-state index contributed by atoms with van der Waals surface area (Å²) in [6, 6.07) is 5.09. The van der Waals surface area contributed by atoms with E-state index in [2.05, 4.69) is 14.4 Å². The molecule has 0 spiro atoms. The molecule has 0 radical (unpaired) electrons. The number of aliphatic hydroxyl groups excluding tert-OH is 1. The fourth-order valence-corrected chi connectivity index (χ4v) is 3.15. The molecular weight excluding hydrogens is 463 g/mol. The van der Waals surface area contributed by atoms with Crippen molar-refractivity contribution in [2.45, 2.75) is 38.8 Å². The summed E-state index contributed by atoms with van der Waals surface area (Å²) in [5, 5.41) is 23.2. The molecule has 1 unspecified atom stereocenters. The molecule has 0 aliphatic heterocycles. The number of carbonyl (C=O) groups is 4. The third-order valence-electron chi connectivity index (χ3n) is 3.85. The number of phosphoric acid groups is 1. The first kappa shape index (κ1) is 28.2. The molecule has 5 N–H and O–H groups in total. The van der Waals surface area contributed by atoms with Crippen LogP contribution in [-0.2, 0) is 39.2 Å². The molecule has 13 nitrogen and oxygen atoms in total. The predicted molar refractivity (Wildman–Crippen MR) is 112 cm³/mol. The Labute approximate surface area is 189 Å². The number of hydrogen-bond acceptors (Lipinski definition) is 9. The van der Waals surface area contributed by atoms with Gasteiger partial charge in [0.25, 0.3) is 0 Å². The van der Waals surface area contributed by atoms with E-state index in [1.165, 1.54) is 6.92 Å². The summed E-state index contributed by atoms with van der Waals surface area (Å²) in [6.45, 7) is 0.534. The number of amides is 2. The highest BCUT2D eigenvalue weighted by Crippen LogP contribution is 2.43. The van der Waals surface area contributed by atoms with Gasteiger partial charge in [-0.3, -0.25) is 23.4 Å².